The van der Waals surface area contributed by atoms with Crippen molar-refractivity contribution in [3.05, 3.63) is 12.4 Å². The van der Waals surface area contributed by atoms with Crippen LogP contribution in [-0.4, -0.2) is 63.9 Å². The Bertz CT molecular complexity index is 696. The Kier molecular flexibility index (Phi) is 5.68. The molecule has 5 atom stereocenters. The van der Waals surface area contributed by atoms with Crippen molar-refractivity contribution in [2.75, 3.05) is 18.4 Å². The van der Waals surface area contributed by atoms with Gasteiger partial charge in [-0.25, -0.2) is 0 Å². The number of nitrogens with one attached hydrogen (secondary N) is 2. The zero-order chi connectivity index (χ0) is 19.7. The summed E-state index contributed by atoms with van der Waals surface area (Å²) in [6, 6.07) is 0.359. The van der Waals surface area contributed by atoms with Crippen molar-refractivity contribution in [1.29, 1.82) is 0 Å². The van der Waals surface area contributed by atoms with Gasteiger partial charge in [0.1, 0.15) is 6.54 Å². The van der Waals surface area contributed by atoms with Crippen LogP contribution in [0.1, 0.15) is 46.0 Å². The van der Waals surface area contributed by atoms with Crippen molar-refractivity contribution in [1.82, 2.24) is 20.0 Å². The fourth-order valence-corrected chi connectivity index (χ4v) is 4.89. The summed E-state index contributed by atoms with van der Waals surface area (Å²) < 4.78 is 7.27. The molecule has 3 heterocycles. The van der Waals surface area contributed by atoms with Crippen molar-refractivity contribution < 1.29 is 14.3 Å². The fraction of sp³-hybridized carbons (Fsp3) is 0.750. The van der Waals surface area contributed by atoms with Gasteiger partial charge in [-0.1, -0.05) is 12.8 Å². The lowest BCUT2D eigenvalue weighted by molar-refractivity contribution is -0.144. The first kappa shape index (κ1) is 19.4. The highest BCUT2D eigenvalue weighted by Crippen LogP contribution is 2.33. The monoisotopic (exact) mass is 389 g/mol. The van der Waals surface area contributed by atoms with E-state index in [4.69, 9.17) is 4.74 Å². The molecule has 2 amide bonds. The Morgan fingerprint density at radius 2 is 2.00 bits per heavy atom. The molecule has 1 aromatic heterocycles. The van der Waals surface area contributed by atoms with Gasteiger partial charge in [0.05, 0.1) is 30.1 Å². The van der Waals surface area contributed by atoms with Gasteiger partial charge in [-0.3, -0.25) is 14.3 Å². The smallest absolute Gasteiger partial charge is 0.244 e. The number of fused-ring (bicyclic) bond motifs is 1. The van der Waals surface area contributed by atoms with Crippen LogP contribution in [0.15, 0.2) is 12.4 Å². The van der Waals surface area contributed by atoms with Crippen LogP contribution in [0.4, 0.5) is 5.69 Å². The first-order chi connectivity index (χ1) is 13.5. The molecule has 8 nitrogen and oxygen atoms in total. The molecule has 1 saturated carbocycles. The Morgan fingerprint density at radius 1 is 1.25 bits per heavy atom. The molecule has 2 aliphatic heterocycles. The second-order valence-corrected chi connectivity index (χ2v) is 8.58. The van der Waals surface area contributed by atoms with Gasteiger partial charge in [0.15, 0.2) is 0 Å². The van der Waals surface area contributed by atoms with E-state index in [0.717, 1.165) is 6.42 Å². The Morgan fingerprint density at radius 3 is 2.75 bits per heavy atom. The number of rotatable bonds is 4. The summed E-state index contributed by atoms with van der Waals surface area (Å²) in [5.74, 6) is 0.642. The molecule has 3 fully saturated rings. The first-order valence-electron chi connectivity index (χ1n) is 10.5. The fourth-order valence-electron chi connectivity index (χ4n) is 4.89. The van der Waals surface area contributed by atoms with Crippen LogP contribution >= 0.6 is 0 Å². The molecule has 2 N–H and O–H groups in total. The molecule has 3 aliphatic rings. The Hall–Kier alpha value is -1.93. The number of carbonyl (C=O) groups excluding carboxylic acids is 2. The maximum atomic E-state index is 12.6. The predicted octanol–water partition coefficient (Wildman–Crippen LogP) is 1.38. The Labute approximate surface area is 166 Å². The van der Waals surface area contributed by atoms with Crippen LogP contribution in [0, 0.1) is 5.92 Å². The summed E-state index contributed by atoms with van der Waals surface area (Å²) in [6.07, 6.45) is 9.26. The van der Waals surface area contributed by atoms with E-state index >= 15 is 0 Å². The topological polar surface area (TPSA) is 88.5 Å². The summed E-state index contributed by atoms with van der Waals surface area (Å²) in [5, 5.41) is 10.7. The molecule has 4 rings (SSSR count). The molecule has 0 aromatic carbocycles. The van der Waals surface area contributed by atoms with E-state index in [1.165, 1.54) is 25.7 Å². The number of hydrogen-bond acceptors (Lipinski definition) is 5. The first-order valence-corrected chi connectivity index (χ1v) is 10.5. The van der Waals surface area contributed by atoms with Crippen LogP contribution < -0.4 is 10.6 Å². The number of hydrogen-bond donors (Lipinski definition) is 2. The molecule has 154 valence electrons. The number of carbonyl (C=O) groups is 2. The van der Waals surface area contributed by atoms with Crippen molar-refractivity contribution >= 4 is 17.5 Å². The zero-order valence-electron chi connectivity index (χ0n) is 16.8. The predicted molar refractivity (Wildman–Crippen MR) is 105 cm³/mol. The van der Waals surface area contributed by atoms with Crippen LogP contribution in [-0.2, 0) is 20.9 Å². The molecular formula is C20H31N5O3. The van der Waals surface area contributed by atoms with Crippen LogP contribution in [0.2, 0.25) is 0 Å². The summed E-state index contributed by atoms with van der Waals surface area (Å²) in [7, 11) is 0. The summed E-state index contributed by atoms with van der Waals surface area (Å²) in [5.41, 5.74) is 0.637. The van der Waals surface area contributed by atoms with Crippen LogP contribution in [0.25, 0.3) is 0 Å². The molecule has 8 heteroatoms. The molecule has 0 spiro atoms. The lowest BCUT2D eigenvalue weighted by Gasteiger charge is -2.35. The van der Waals surface area contributed by atoms with Crippen LogP contribution in [0.5, 0.6) is 0 Å². The van der Waals surface area contributed by atoms with Crippen molar-refractivity contribution in [3.63, 3.8) is 0 Å². The molecule has 1 aliphatic carbocycles. The van der Waals surface area contributed by atoms with E-state index < -0.39 is 0 Å². The van der Waals surface area contributed by atoms with Crippen molar-refractivity contribution in [3.8, 4) is 0 Å². The largest absolute Gasteiger partial charge is 0.372 e. The number of ether oxygens (including phenoxy) is 1. The molecule has 1 aromatic rings. The van der Waals surface area contributed by atoms with Crippen LogP contribution in [0.3, 0.4) is 0 Å². The summed E-state index contributed by atoms with van der Waals surface area (Å²) in [6.45, 7) is 5.32. The second kappa shape index (κ2) is 8.21. The molecular weight excluding hydrogens is 358 g/mol. The SMILES string of the molecule is CC1CN(C(=O)Cn2cc(NC(=O)C3CC4CCCCC4N3)cn2)CC(C)O1. The molecule has 0 radical (unpaired) electrons. The summed E-state index contributed by atoms with van der Waals surface area (Å²) >= 11 is 0. The van der Waals surface area contributed by atoms with E-state index in [1.807, 2.05) is 18.7 Å². The van der Waals surface area contributed by atoms with Gasteiger partial charge in [0, 0.05) is 25.3 Å². The highest BCUT2D eigenvalue weighted by Gasteiger charge is 2.38. The number of aromatic nitrogens is 2. The highest BCUT2D eigenvalue weighted by molar-refractivity contribution is 5.94. The van der Waals surface area contributed by atoms with Gasteiger partial charge in [-0.15, -0.1) is 0 Å². The third-order valence-electron chi connectivity index (χ3n) is 6.15. The molecule has 28 heavy (non-hydrogen) atoms. The minimum atomic E-state index is -0.130. The van der Waals surface area contributed by atoms with Gasteiger partial charge in [-0.2, -0.15) is 5.10 Å². The minimum absolute atomic E-state index is 0.00361. The number of nitrogens with zero attached hydrogens (tertiary/aromatic N) is 3. The van der Waals surface area contributed by atoms with E-state index in [1.54, 1.807) is 17.1 Å². The van der Waals surface area contributed by atoms with E-state index in [0.29, 0.717) is 30.7 Å². The van der Waals surface area contributed by atoms with Gasteiger partial charge in [0.25, 0.3) is 0 Å². The number of morpholine rings is 1. The van der Waals surface area contributed by atoms with E-state index in [9.17, 15) is 9.59 Å². The average Bonchev–Trinajstić information content (AvgIpc) is 3.27. The van der Waals surface area contributed by atoms with Gasteiger partial charge >= 0.3 is 0 Å². The highest BCUT2D eigenvalue weighted by atomic mass is 16.5. The quantitative estimate of drug-likeness (QED) is 0.812. The van der Waals surface area contributed by atoms with E-state index in [2.05, 4.69) is 15.7 Å². The van der Waals surface area contributed by atoms with Gasteiger partial charge in [-0.05, 0) is 39.0 Å². The minimum Gasteiger partial charge on any atom is -0.372 e. The van der Waals surface area contributed by atoms with Crippen molar-refractivity contribution in [2.24, 2.45) is 5.92 Å². The number of amides is 2. The normalized spacial score (nSPS) is 32.8. The molecule has 0 bridgehead atoms. The maximum Gasteiger partial charge on any atom is 0.244 e. The zero-order valence-corrected chi connectivity index (χ0v) is 16.8. The Balaban J connectivity index is 1.29. The summed E-state index contributed by atoms with van der Waals surface area (Å²) in [4.78, 5) is 27.0. The third kappa shape index (κ3) is 4.38. The maximum absolute atomic E-state index is 12.6. The molecule has 5 unspecified atom stereocenters. The standard InChI is InChI=1S/C20H31N5O3/c1-13-9-24(10-14(2)28-13)19(26)12-25-11-16(8-21-25)22-20(27)18-7-15-5-3-4-6-17(15)23-18/h8,11,13-15,17-18,23H,3-7,9-10,12H2,1-2H3,(H,22,27). The third-order valence-corrected chi connectivity index (χ3v) is 6.15. The van der Waals surface area contributed by atoms with Crippen molar-refractivity contribution in [2.45, 2.75) is 76.8 Å². The van der Waals surface area contributed by atoms with Gasteiger partial charge < -0.3 is 20.3 Å². The lowest BCUT2D eigenvalue weighted by atomic mass is 9.85. The number of anilines is 1. The van der Waals surface area contributed by atoms with Gasteiger partial charge in [0.2, 0.25) is 11.8 Å². The average molecular weight is 390 g/mol. The molecule has 2 saturated heterocycles. The van der Waals surface area contributed by atoms with E-state index in [-0.39, 0.29) is 36.6 Å². The lowest BCUT2D eigenvalue weighted by Crippen LogP contribution is -2.49. The second-order valence-electron chi connectivity index (χ2n) is 8.58.